The quantitative estimate of drug-likeness (QED) is 0.697. The summed E-state index contributed by atoms with van der Waals surface area (Å²) in [5, 5.41) is 0. The Morgan fingerprint density at radius 2 is 1.88 bits per heavy atom. The fourth-order valence-corrected chi connectivity index (χ4v) is 2.72. The minimum absolute atomic E-state index is 0.262. The Morgan fingerprint density at radius 1 is 1.19 bits per heavy atom. The molecule has 88 valence electrons. The van der Waals surface area contributed by atoms with Crippen LogP contribution in [0.4, 0.5) is 0 Å². The highest BCUT2D eigenvalue weighted by atomic mass is 15.1. The Hall–Kier alpha value is -0.820. The number of hydrogen-bond acceptors (Lipinski definition) is 1. The lowest BCUT2D eigenvalue weighted by atomic mass is 9.80. The van der Waals surface area contributed by atoms with Crippen LogP contribution in [0.2, 0.25) is 0 Å². The van der Waals surface area contributed by atoms with Gasteiger partial charge in [0.15, 0.2) is 0 Å². The van der Waals surface area contributed by atoms with E-state index < -0.39 is 0 Å². The van der Waals surface area contributed by atoms with Crippen LogP contribution < -0.4 is 0 Å². The van der Waals surface area contributed by atoms with Gasteiger partial charge in [0.1, 0.15) is 0 Å². The van der Waals surface area contributed by atoms with E-state index in [9.17, 15) is 0 Å². The smallest absolute Gasteiger partial charge is 0.00478 e. The van der Waals surface area contributed by atoms with E-state index >= 15 is 0 Å². The second-order valence-corrected chi connectivity index (χ2v) is 6.09. The lowest BCUT2D eigenvalue weighted by molar-refractivity contribution is 0.410. The van der Waals surface area contributed by atoms with E-state index in [1.807, 2.05) is 0 Å². The first-order chi connectivity index (χ1) is 7.48. The monoisotopic (exact) mass is 217 g/mol. The van der Waals surface area contributed by atoms with Crippen molar-refractivity contribution in [2.24, 2.45) is 0 Å². The second-order valence-electron chi connectivity index (χ2n) is 6.09. The molecule has 0 aliphatic carbocycles. The van der Waals surface area contributed by atoms with Crippen LogP contribution in [-0.4, -0.2) is 25.0 Å². The molecule has 2 rings (SSSR count). The predicted molar refractivity (Wildman–Crippen MR) is 70.0 cm³/mol. The number of benzene rings is 1. The van der Waals surface area contributed by atoms with Crippen molar-refractivity contribution in [3.8, 4) is 0 Å². The summed E-state index contributed by atoms with van der Waals surface area (Å²) in [5.41, 5.74) is 3.35. The van der Waals surface area contributed by atoms with Crippen LogP contribution in [0, 0.1) is 0 Å². The average Bonchev–Trinajstić information content (AvgIpc) is 2.64. The van der Waals surface area contributed by atoms with Crippen LogP contribution in [0.15, 0.2) is 24.3 Å². The Kier molecular flexibility index (Phi) is 3.07. The van der Waals surface area contributed by atoms with Crippen molar-refractivity contribution >= 4 is 0 Å². The summed E-state index contributed by atoms with van der Waals surface area (Å²) >= 11 is 0. The fraction of sp³-hybridized carbons (Fsp3) is 0.600. The van der Waals surface area contributed by atoms with Crippen molar-refractivity contribution in [2.45, 2.75) is 38.5 Å². The Bertz CT molecular complexity index is 362. The molecule has 0 bridgehead atoms. The van der Waals surface area contributed by atoms with Crippen molar-refractivity contribution < 1.29 is 0 Å². The Labute approximate surface area is 99.5 Å². The predicted octanol–water partition coefficient (Wildman–Crippen LogP) is 3.40. The number of likely N-dealkylation sites (N-methyl/N-ethyl adjacent to an activating group) is 1. The van der Waals surface area contributed by atoms with Gasteiger partial charge in [-0.3, -0.25) is 0 Å². The molecule has 1 heteroatoms. The number of rotatable bonds is 1. The summed E-state index contributed by atoms with van der Waals surface area (Å²) in [4.78, 5) is 2.43. The van der Waals surface area contributed by atoms with E-state index in [2.05, 4.69) is 57.0 Å². The van der Waals surface area contributed by atoms with Gasteiger partial charge in [-0.25, -0.2) is 0 Å². The lowest BCUT2D eigenvalue weighted by Gasteiger charge is -2.25. The van der Waals surface area contributed by atoms with Gasteiger partial charge in [0.25, 0.3) is 0 Å². The van der Waals surface area contributed by atoms with Gasteiger partial charge >= 0.3 is 0 Å². The number of hydrogen-bond donors (Lipinski definition) is 0. The summed E-state index contributed by atoms with van der Waals surface area (Å²) in [6, 6.07) is 8.98. The SMILES string of the molecule is CN1CCC(c2ccccc2C(C)(C)C)C1. The summed E-state index contributed by atoms with van der Waals surface area (Å²) in [7, 11) is 2.22. The number of nitrogens with zero attached hydrogens (tertiary/aromatic N) is 1. The van der Waals surface area contributed by atoms with Crippen LogP contribution in [0.5, 0.6) is 0 Å². The third-order valence-corrected chi connectivity index (χ3v) is 3.60. The zero-order valence-corrected chi connectivity index (χ0v) is 11.0. The van der Waals surface area contributed by atoms with E-state index in [1.54, 1.807) is 5.56 Å². The van der Waals surface area contributed by atoms with Gasteiger partial charge in [0.05, 0.1) is 0 Å². The number of likely N-dealkylation sites (tertiary alicyclic amines) is 1. The van der Waals surface area contributed by atoms with Gasteiger partial charge in [0.2, 0.25) is 0 Å². The minimum Gasteiger partial charge on any atom is -0.306 e. The zero-order valence-electron chi connectivity index (χ0n) is 11.0. The van der Waals surface area contributed by atoms with Crippen molar-refractivity contribution in [1.29, 1.82) is 0 Å². The normalized spacial score (nSPS) is 22.6. The summed E-state index contributed by atoms with van der Waals surface area (Å²) in [6.07, 6.45) is 1.31. The van der Waals surface area contributed by atoms with Crippen molar-refractivity contribution in [3.63, 3.8) is 0 Å². The average molecular weight is 217 g/mol. The first kappa shape index (κ1) is 11.7. The van der Waals surface area contributed by atoms with Crippen LogP contribution in [0.1, 0.15) is 44.2 Å². The molecule has 0 radical (unpaired) electrons. The molecular weight excluding hydrogens is 194 g/mol. The van der Waals surface area contributed by atoms with Gasteiger partial charge in [-0.15, -0.1) is 0 Å². The molecule has 1 nitrogen and oxygen atoms in total. The van der Waals surface area contributed by atoms with Crippen LogP contribution in [0.25, 0.3) is 0 Å². The van der Waals surface area contributed by atoms with E-state index in [0.717, 1.165) is 5.92 Å². The maximum absolute atomic E-state index is 2.43. The highest BCUT2D eigenvalue weighted by Gasteiger charge is 2.26. The molecule has 1 unspecified atom stereocenters. The van der Waals surface area contributed by atoms with E-state index in [0.29, 0.717) is 0 Å². The van der Waals surface area contributed by atoms with Crippen LogP contribution in [0.3, 0.4) is 0 Å². The highest BCUT2D eigenvalue weighted by molar-refractivity contribution is 5.36. The molecule has 1 aromatic rings. The molecule has 1 heterocycles. The third kappa shape index (κ3) is 2.30. The van der Waals surface area contributed by atoms with Crippen LogP contribution in [-0.2, 0) is 5.41 Å². The molecule has 0 spiro atoms. The van der Waals surface area contributed by atoms with E-state index in [-0.39, 0.29) is 5.41 Å². The van der Waals surface area contributed by atoms with Gasteiger partial charge in [-0.1, -0.05) is 45.0 Å². The van der Waals surface area contributed by atoms with Crippen molar-refractivity contribution in [1.82, 2.24) is 4.90 Å². The molecule has 0 N–H and O–H groups in total. The molecular formula is C15H23N. The summed E-state index contributed by atoms with van der Waals surface area (Å²) in [5.74, 6) is 0.737. The highest BCUT2D eigenvalue weighted by Crippen LogP contribution is 2.34. The molecule has 1 saturated heterocycles. The molecule has 0 saturated carbocycles. The molecule has 1 fully saturated rings. The van der Waals surface area contributed by atoms with Crippen LogP contribution >= 0.6 is 0 Å². The summed E-state index contributed by atoms with van der Waals surface area (Å²) in [6.45, 7) is 9.38. The minimum atomic E-state index is 0.262. The topological polar surface area (TPSA) is 3.24 Å². The van der Waals surface area contributed by atoms with Crippen molar-refractivity contribution in [3.05, 3.63) is 35.4 Å². The Balaban J connectivity index is 2.34. The molecule has 1 atom stereocenters. The lowest BCUT2D eigenvalue weighted by Crippen LogP contribution is -2.18. The van der Waals surface area contributed by atoms with Gasteiger partial charge in [-0.2, -0.15) is 0 Å². The maximum atomic E-state index is 2.43. The molecule has 16 heavy (non-hydrogen) atoms. The Morgan fingerprint density at radius 3 is 2.44 bits per heavy atom. The standard InChI is InChI=1S/C15H23N/c1-15(2,3)14-8-6-5-7-13(14)12-9-10-16(4)11-12/h5-8,12H,9-11H2,1-4H3. The zero-order chi connectivity index (χ0) is 11.8. The summed E-state index contributed by atoms with van der Waals surface area (Å²) < 4.78 is 0. The molecule has 0 aromatic heterocycles. The maximum Gasteiger partial charge on any atom is 0.00478 e. The third-order valence-electron chi connectivity index (χ3n) is 3.60. The van der Waals surface area contributed by atoms with Gasteiger partial charge in [-0.05, 0) is 42.5 Å². The largest absolute Gasteiger partial charge is 0.306 e. The molecule has 1 aliphatic heterocycles. The molecule has 0 amide bonds. The van der Waals surface area contributed by atoms with E-state index in [1.165, 1.54) is 25.1 Å². The second kappa shape index (κ2) is 4.21. The molecule has 1 aromatic carbocycles. The fourth-order valence-electron chi connectivity index (χ4n) is 2.72. The van der Waals surface area contributed by atoms with Gasteiger partial charge in [0, 0.05) is 6.54 Å². The van der Waals surface area contributed by atoms with Gasteiger partial charge < -0.3 is 4.90 Å². The van der Waals surface area contributed by atoms with Crippen molar-refractivity contribution in [2.75, 3.05) is 20.1 Å². The molecule has 1 aliphatic rings. The first-order valence-corrected chi connectivity index (χ1v) is 6.26. The first-order valence-electron chi connectivity index (χ1n) is 6.26. The van der Waals surface area contributed by atoms with E-state index in [4.69, 9.17) is 0 Å².